The van der Waals surface area contributed by atoms with Gasteiger partial charge in [-0.2, -0.15) is 0 Å². The molecule has 53 heavy (non-hydrogen) atoms. The molecule has 6 aromatic carbocycles. The maximum atomic E-state index is 6.68. The van der Waals surface area contributed by atoms with Gasteiger partial charge in [0.1, 0.15) is 11.2 Å². The van der Waals surface area contributed by atoms with Crippen LogP contribution < -0.4 is 0 Å². The van der Waals surface area contributed by atoms with Crippen LogP contribution in [0.15, 0.2) is 156 Å². The van der Waals surface area contributed by atoms with Gasteiger partial charge in [-0.25, -0.2) is 15.0 Å². The van der Waals surface area contributed by atoms with E-state index in [2.05, 4.69) is 122 Å². The molecule has 0 fully saturated rings. The fourth-order valence-corrected chi connectivity index (χ4v) is 9.03. The van der Waals surface area contributed by atoms with Gasteiger partial charge < -0.3 is 8.98 Å². The van der Waals surface area contributed by atoms with Gasteiger partial charge in [-0.05, 0) is 47.4 Å². The third kappa shape index (κ3) is 4.47. The van der Waals surface area contributed by atoms with Crippen molar-refractivity contribution in [2.24, 2.45) is 0 Å². The zero-order chi connectivity index (χ0) is 35.3. The molecule has 252 valence electrons. The topological polar surface area (TPSA) is 56.7 Å². The number of fused-ring (bicyclic) bond motifs is 9. The summed E-state index contributed by atoms with van der Waals surface area (Å²) in [6.45, 7) is 4.76. The van der Waals surface area contributed by atoms with E-state index in [0.29, 0.717) is 23.4 Å². The number of benzene rings is 6. The van der Waals surface area contributed by atoms with Gasteiger partial charge in [-0.15, -0.1) is 0 Å². The van der Waals surface area contributed by atoms with Crippen LogP contribution in [0.5, 0.6) is 0 Å². The molecular weight excluding hydrogens is 649 g/mol. The summed E-state index contributed by atoms with van der Waals surface area (Å²) in [6.07, 6.45) is 3.44. The highest BCUT2D eigenvalue weighted by atomic mass is 16.3. The van der Waals surface area contributed by atoms with Crippen molar-refractivity contribution in [1.29, 1.82) is 0 Å². The average Bonchev–Trinajstić information content (AvgIpc) is 3.82. The summed E-state index contributed by atoms with van der Waals surface area (Å²) in [4.78, 5) is 15.4. The van der Waals surface area contributed by atoms with Crippen molar-refractivity contribution in [2.45, 2.75) is 31.6 Å². The number of para-hydroxylation sites is 2. The quantitative estimate of drug-likeness (QED) is 0.185. The van der Waals surface area contributed by atoms with E-state index in [1.54, 1.807) is 0 Å². The number of furan rings is 1. The first-order valence-corrected chi connectivity index (χ1v) is 18.3. The van der Waals surface area contributed by atoms with Gasteiger partial charge in [0.05, 0.1) is 16.9 Å². The molecule has 3 aromatic heterocycles. The molecule has 5 heteroatoms. The Kier molecular flexibility index (Phi) is 6.36. The molecule has 2 aliphatic carbocycles. The zero-order valence-corrected chi connectivity index (χ0v) is 29.4. The largest absolute Gasteiger partial charge is 0.456 e. The number of nitrogens with zero attached hydrogens (tertiary/aromatic N) is 4. The molecule has 0 aliphatic heterocycles. The van der Waals surface area contributed by atoms with E-state index in [0.717, 1.165) is 50.7 Å². The van der Waals surface area contributed by atoms with Crippen LogP contribution in [0.2, 0.25) is 0 Å². The first kappa shape index (κ1) is 30.1. The van der Waals surface area contributed by atoms with Crippen molar-refractivity contribution in [3.8, 4) is 39.9 Å². The molecule has 0 spiro atoms. The van der Waals surface area contributed by atoms with Crippen LogP contribution in [-0.4, -0.2) is 19.5 Å². The van der Waals surface area contributed by atoms with E-state index < -0.39 is 0 Å². The minimum Gasteiger partial charge on any atom is -0.456 e. The van der Waals surface area contributed by atoms with Crippen LogP contribution >= 0.6 is 0 Å². The number of rotatable bonds is 4. The van der Waals surface area contributed by atoms with Gasteiger partial charge in [0.15, 0.2) is 17.5 Å². The summed E-state index contributed by atoms with van der Waals surface area (Å²) < 4.78 is 9.12. The lowest BCUT2D eigenvalue weighted by Gasteiger charge is -2.28. The molecular formula is C48H34N4O. The predicted octanol–water partition coefficient (Wildman–Crippen LogP) is 11.7. The SMILES string of the molecule is CC1(C)C2=Cc3c(c4ccccc4n3-c3cc(-c4nc(-c5ccccc5)nc(-c5ccccc5)n4)c4c(c3)oc3ccccc34)CC2c2ccccc21. The molecule has 0 amide bonds. The Hall–Kier alpha value is -6.59. The minimum absolute atomic E-state index is 0.0688. The van der Waals surface area contributed by atoms with Crippen LogP contribution in [0.4, 0.5) is 0 Å². The Morgan fingerprint density at radius 1 is 0.623 bits per heavy atom. The molecule has 3 heterocycles. The Bertz CT molecular complexity index is 2890. The van der Waals surface area contributed by atoms with Crippen LogP contribution in [-0.2, 0) is 11.8 Å². The standard InChI is InChI=1S/C48H34N4O/c1-48(2)38-22-12-9-19-32(38)35-27-36-33-20-10-13-23-40(33)52(41(36)28-39(35)48)31-25-37(44-34-21-11-14-24-42(34)53-43(44)26-31)47-50-45(29-15-5-3-6-16-29)49-46(51-47)30-17-7-4-8-18-30/h3-26,28,35H,27H2,1-2H3. The minimum atomic E-state index is -0.0688. The summed E-state index contributed by atoms with van der Waals surface area (Å²) in [5.74, 6) is 2.22. The van der Waals surface area contributed by atoms with Crippen molar-refractivity contribution in [1.82, 2.24) is 19.5 Å². The van der Waals surface area contributed by atoms with Gasteiger partial charge in [0, 0.05) is 50.2 Å². The lowest BCUT2D eigenvalue weighted by Crippen LogP contribution is -2.19. The number of hydrogen-bond acceptors (Lipinski definition) is 4. The number of hydrogen-bond donors (Lipinski definition) is 0. The van der Waals surface area contributed by atoms with Crippen LogP contribution in [0.3, 0.4) is 0 Å². The molecule has 1 atom stereocenters. The highest BCUT2D eigenvalue weighted by Gasteiger charge is 2.44. The molecule has 9 aromatic rings. The second-order valence-electron chi connectivity index (χ2n) is 14.8. The highest BCUT2D eigenvalue weighted by molar-refractivity contribution is 6.12. The summed E-state index contributed by atoms with van der Waals surface area (Å²) in [7, 11) is 0. The fourth-order valence-electron chi connectivity index (χ4n) is 9.03. The average molecular weight is 683 g/mol. The molecule has 2 aliphatic rings. The molecule has 0 saturated heterocycles. The van der Waals surface area contributed by atoms with Crippen molar-refractivity contribution in [3.05, 3.63) is 174 Å². The van der Waals surface area contributed by atoms with Gasteiger partial charge >= 0.3 is 0 Å². The van der Waals surface area contributed by atoms with Crippen LogP contribution in [0, 0.1) is 0 Å². The number of aromatic nitrogens is 4. The first-order valence-electron chi connectivity index (χ1n) is 18.3. The zero-order valence-electron chi connectivity index (χ0n) is 29.4. The van der Waals surface area contributed by atoms with E-state index in [-0.39, 0.29) is 5.41 Å². The molecule has 1 unspecified atom stereocenters. The van der Waals surface area contributed by atoms with E-state index in [9.17, 15) is 0 Å². The first-order chi connectivity index (χ1) is 26.0. The second-order valence-corrected chi connectivity index (χ2v) is 14.8. The highest BCUT2D eigenvalue weighted by Crippen LogP contribution is 2.55. The smallest absolute Gasteiger partial charge is 0.164 e. The number of allylic oxidation sites excluding steroid dienone is 1. The van der Waals surface area contributed by atoms with E-state index >= 15 is 0 Å². The van der Waals surface area contributed by atoms with Gasteiger partial charge in [-0.3, -0.25) is 0 Å². The van der Waals surface area contributed by atoms with Crippen molar-refractivity contribution < 1.29 is 4.42 Å². The Morgan fingerprint density at radius 3 is 2.00 bits per heavy atom. The lowest BCUT2D eigenvalue weighted by molar-refractivity contribution is 0.613. The Labute approximate surface area is 306 Å². The maximum absolute atomic E-state index is 6.68. The lowest BCUT2D eigenvalue weighted by atomic mass is 9.76. The Morgan fingerprint density at radius 2 is 1.25 bits per heavy atom. The van der Waals surface area contributed by atoms with Crippen molar-refractivity contribution in [3.63, 3.8) is 0 Å². The van der Waals surface area contributed by atoms with Gasteiger partial charge in [0.25, 0.3) is 0 Å². The summed E-state index contributed by atoms with van der Waals surface area (Å²) in [5.41, 5.74) is 13.5. The van der Waals surface area contributed by atoms with E-state index in [1.807, 2.05) is 48.5 Å². The molecule has 11 rings (SSSR count). The van der Waals surface area contributed by atoms with Crippen molar-refractivity contribution >= 4 is 38.9 Å². The molecule has 0 N–H and O–H groups in total. The van der Waals surface area contributed by atoms with E-state index in [4.69, 9.17) is 19.4 Å². The van der Waals surface area contributed by atoms with Gasteiger partial charge in [-0.1, -0.05) is 141 Å². The predicted molar refractivity (Wildman–Crippen MR) is 214 cm³/mol. The summed E-state index contributed by atoms with van der Waals surface area (Å²) in [6, 6.07) is 50.8. The summed E-state index contributed by atoms with van der Waals surface area (Å²) >= 11 is 0. The molecule has 5 nitrogen and oxygen atoms in total. The second kappa shape index (κ2) is 11.2. The maximum Gasteiger partial charge on any atom is 0.164 e. The van der Waals surface area contributed by atoms with Crippen LogP contribution in [0.25, 0.3) is 78.8 Å². The molecule has 0 saturated carbocycles. The third-order valence-electron chi connectivity index (χ3n) is 11.5. The molecule has 0 bridgehead atoms. The van der Waals surface area contributed by atoms with Gasteiger partial charge in [0.2, 0.25) is 0 Å². The normalized spacial score (nSPS) is 15.7. The monoisotopic (exact) mass is 682 g/mol. The summed E-state index contributed by atoms with van der Waals surface area (Å²) in [5, 5.41) is 3.30. The Balaban J connectivity index is 1.21. The molecule has 0 radical (unpaired) electrons. The fraction of sp³-hybridized carbons (Fsp3) is 0.104. The van der Waals surface area contributed by atoms with Crippen LogP contribution in [0.1, 0.15) is 42.1 Å². The van der Waals surface area contributed by atoms with Crippen molar-refractivity contribution in [2.75, 3.05) is 0 Å². The third-order valence-corrected chi connectivity index (χ3v) is 11.5. The van der Waals surface area contributed by atoms with E-state index in [1.165, 1.54) is 38.9 Å².